The van der Waals surface area contributed by atoms with E-state index in [4.69, 9.17) is 21.1 Å². The molecule has 0 unspecified atom stereocenters. The quantitative estimate of drug-likeness (QED) is 0.851. The molecule has 0 fully saturated rings. The summed E-state index contributed by atoms with van der Waals surface area (Å²) in [5.74, 6) is 1.39. The lowest BCUT2D eigenvalue weighted by Crippen LogP contribution is -2.01. The first-order chi connectivity index (χ1) is 8.69. The highest BCUT2D eigenvalue weighted by Gasteiger charge is 2.05. The van der Waals surface area contributed by atoms with E-state index in [0.29, 0.717) is 29.0 Å². The summed E-state index contributed by atoms with van der Waals surface area (Å²) in [4.78, 5) is 0. The van der Waals surface area contributed by atoms with E-state index in [1.165, 1.54) is 0 Å². The highest BCUT2D eigenvalue weighted by Crippen LogP contribution is 2.28. The Morgan fingerprint density at radius 1 is 1.11 bits per heavy atom. The monoisotopic (exact) mass is 264 g/mol. The zero-order valence-electron chi connectivity index (χ0n) is 10.2. The van der Waals surface area contributed by atoms with Gasteiger partial charge in [-0.3, -0.25) is 0 Å². The zero-order chi connectivity index (χ0) is 13.0. The van der Waals surface area contributed by atoms with E-state index in [1.54, 1.807) is 19.2 Å². The first-order valence-corrected chi connectivity index (χ1v) is 5.82. The lowest BCUT2D eigenvalue weighted by molar-refractivity contribution is 0.279. The summed E-state index contributed by atoms with van der Waals surface area (Å²) in [6, 6.07) is 9.21. The van der Waals surface area contributed by atoms with Gasteiger partial charge in [-0.1, -0.05) is 17.7 Å². The molecule has 2 aromatic rings. The predicted octanol–water partition coefficient (Wildman–Crippen LogP) is 3.03. The number of hydrogen-bond donors (Lipinski definition) is 0. The van der Waals surface area contributed by atoms with Crippen LogP contribution in [0.15, 0.2) is 30.3 Å². The SMILES string of the molecule is COc1cc(C)ccc1OCc1ccc(Cl)nn1. The lowest BCUT2D eigenvalue weighted by atomic mass is 10.2. The Morgan fingerprint density at radius 2 is 1.94 bits per heavy atom. The Bertz CT molecular complexity index is 529. The van der Waals surface area contributed by atoms with Crippen molar-refractivity contribution in [1.29, 1.82) is 0 Å². The van der Waals surface area contributed by atoms with Crippen molar-refractivity contribution < 1.29 is 9.47 Å². The molecule has 0 radical (unpaired) electrons. The number of aryl methyl sites for hydroxylation is 1. The van der Waals surface area contributed by atoms with E-state index < -0.39 is 0 Å². The van der Waals surface area contributed by atoms with Gasteiger partial charge >= 0.3 is 0 Å². The van der Waals surface area contributed by atoms with Crippen LogP contribution in [0.3, 0.4) is 0 Å². The topological polar surface area (TPSA) is 44.2 Å². The molecule has 18 heavy (non-hydrogen) atoms. The van der Waals surface area contributed by atoms with Crippen molar-refractivity contribution in [3.8, 4) is 11.5 Å². The van der Waals surface area contributed by atoms with Crippen LogP contribution in [0.2, 0.25) is 5.15 Å². The number of aromatic nitrogens is 2. The van der Waals surface area contributed by atoms with Gasteiger partial charge in [0.1, 0.15) is 12.3 Å². The molecule has 0 amide bonds. The third-order valence-electron chi connectivity index (χ3n) is 2.38. The van der Waals surface area contributed by atoms with E-state index >= 15 is 0 Å². The third-order valence-corrected chi connectivity index (χ3v) is 2.58. The molecule has 5 heteroatoms. The summed E-state index contributed by atoms with van der Waals surface area (Å²) in [7, 11) is 1.61. The molecule has 0 aliphatic carbocycles. The highest BCUT2D eigenvalue weighted by molar-refractivity contribution is 6.29. The second-order valence-electron chi connectivity index (χ2n) is 3.79. The second kappa shape index (κ2) is 5.69. The fourth-order valence-corrected chi connectivity index (χ4v) is 1.57. The molecule has 0 spiro atoms. The number of nitrogens with zero attached hydrogens (tertiary/aromatic N) is 2. The van der Waals surface area contributed by atoms with E-state index in [-0.39, 0.29) is 0 Å². The minimum Gasteiger partial charge on any atom is -0.493 e. The molecule has 0 saturated carbocycles. The number of rotatable bonds is 4. The van der Waals surface area contributed by atoms with Crippen molar-refractivity contribution in [1.82, 2.24) is 10.2 Å². The van der Waals surface area contributed by atoms with E-state index in [2.05, 4.69) is 10.2 Å². The van der Waals surface area contributed by atoms with Gasteiger partial charge in [-0.05, 0) is 36.8 Å². The maximum atomic E-state index is 5.66. The predicted molar refractivity (Wildman–Crippen MR) is 69.1 cm³/mol. The van der Waals surface area contributed by atoms with Gasteiger partial charge < -0.3 is 9.47 Å². The van der Waals surface area contributed by atoms with Crippen molar-refractivity contribution in [3.63, 3.8) is 0 Å². The molecule has 94 valence electrons. The van der Waals surface area contributed by atoms with Crippen molar-refractivity contribution in [3.05, 3.63) is 46.7 Å². The molecular formula is C13H13ClN2O2. The molecule has 1 aromatic carbocycles. The van der Waals surface area contributed by atoms with Crippen LogP contribution in [-0.2, 0) is 6.61 Å². The molecule has 0 aliphatic rings. The van der Waals surface area contributed by atoms with Crippen LogP contribution in [0, 0.1) is 6.92 Å². The van der Waals surface area contributed by atoms with Gasteiger partial charge in [-0.15, -0.1) is 5.10 Å². The number of ether oxygens (including phenoxy) is 2. The largest absolute Gasteiger partial charge is 0.493 e. The molecule has 2 rings (SSSR count). The normalized spacial score (nSPS) is 10.2. The number of halogens is 1. The maximum absolute atomic E-state index is 5.66. The smallest absolute Gasteiger partial charge is 0.161 e. The number of hydrogen-bond acceptors (Lipinski definition) is 4. The number of methoxy groups -OCH3 is 1. The Morgan fingerprint density at radius 3 is 2.61 bits per heavy atom. The van der Waals surface area contributed by atoms with Crippen molar-refractivity contribution in [2.75, 3.05) is 7.11 Å². The van der Waals surface area contributed by atoms with Crippen LogP contribution in [0.4, 0.5) is 0 Å². The maximum Gasteiger partial charge on any atom is 0.161 e. The van der Waals surface area contributed by atoms with Gasteiger partial charge in [-0.2, -0.15) is 5.10 Å². The minimum atomic E-state index is 0.323. The fourth-order valence-electron chi connectivity index (χ4n) is 1.47. The van der Waals surface area contributed by atoms with Gasteiger partial charge in [0.15, 0.2) is 16.7 Å². The molecule has 0 aliphatic heterocycles. The summed E-state index contributed by atoms with van der Waals surface area (Å²) < 4.78 is 10.9. The van der Waals surface area contributed by atoms with Crippen LogP contribution < -0.4 is 9.47 Å². The Balaban J connectivity index is 2.08. The van der Waals surface area contributed by atoms with Crippen LogP contribution in [0.5, 0.6) is 11.5 Å². The summed E-state index contributed by atoms with van der Waals surface area (Å²) in [6.07, 6.45) is 0. The van der Waals surface area contributed by atoms with Crippen LogP contribution >= 0.6 is 11.6 Å². The van der Waals surface area contributed by atoms with Crippen LogP contribution in [-0.4, -0.2) is 17.3 Å². The average molecular weight is 265 g/mol. The summed E-state index contributed by atoms with van der Waals surface area (Å²) in [5, 5.41) is 8.04. The van der Waals surface area contributed by atoms with Crippen molar-refractivity contribution >= 4 is 11.6 Å². The summed E-state index contributed by atoms with van der Waals surface area (Å²) in [5.41, 5.74) is 1.83. The minimum absolute atomic E-state index is 0.323. The standard InChI is InChI=1S/C13H13ClN2O2/c1-9-3-5-11(12(7-9)17-2)18-8-10-4-6-13(14)16-15-10/h3-7H,8H2,1-2H3. The van der Waals surface area contributed by atoms with Crippen LogP contribution in [0.25, 0.3) is 0 Å². The molecular weight excluding hydrogens is 252 g/mol. The van der Waals surface area contributed by atoms with E-state index in [9.17, 15) is 0 Å². The third kappa shape index (κ3) is 3.11. The fraction of sp³-hybridized carbons (Fsp3) is 0.231. The van der Waals surface area contributed by atoms with Crippen molar-refractivity contribution in [2.24, 2.45) is 0 Å². The second-order valence-corrected chi connectivity index (χ2v) is 4.18. The first-order valence-electron chi connectivity index (χ1n) is 5.44. The highest BCUT2D eigenvalue weighted by atomic mass is 35.5. The number of benzene rings is 1. The van der Waals surface area contributed by atoms with Crippen molar-refractivity contribution in [2.45, 2.75) is 13.5 Å². The summed E-state index contributed by atoms with van der Waals surface area (Å²) >= 11 is 5.66. The van der Waals surface area contributed by atoms with Gasteiger partial charge in [0.2, 0.25) is 0 Å². The van der Waals surface area contributed by atoms with E-state index in [1.807, 2.05) is 25.1 Å². The molecule has 0 atom stereocenters. The molecule has 0 N–H and O–H groups in total. The van der Waals surface area contributed by atoms with Crippen LogP contribution in [0.1, 0.15) is 11.3 Å². The molecule has 0 saturated heterocycles. The zero-order valence-corrected chi connectivity index (χ0v) is 10.9. The van der Waals surface area contributed by atoms with Gasteiger partial charge in [0.05, 0.1) is 7.11 Å². The lowest BCUT2D eigenvalue weighted by Gasteiger charge is -2.10. The Labute approximate surface area is 111 Å². The van der Waals surface area contributed by atoms with Gasteiger partial charge in [-0.25, -0.2) is 0 Å². The van der Waals surface area contributed by atoms with E-state index in [0.717, 1.165) is 5.56 Å². The first kappa shape index (κ1) is 12.6. The molecule has 0 bridgehead atoms. The Hall–Kier alpha value is -1.81. The molecule has 4 nitrogen and oxygen atoms in total. The summed E-state index contributed by atoms with van der Waals surface area (Å²) in [6.45, 7) is 2.32. The molecule has 1 aromatic heterocycles. The Kier molecular flexibility index (Phi) is 3.99. The molecule has 1 heterocycles. The van der Waals surface area contributed by atoms with Gasteiger partial charge in [0, 0.05) is 0 Å². The average Bonchev–Trinajstić information content (AvgIpc) is 2.39. The van der Waals surface area contributed by atoms with Gasteiger partial charge in [0.25, 0.3) is 0 Å².